The van der Waals surface area contributed by atoms with Crippen molar-refractivity contribution in [2.24, 2.45) is 23.2 Å². The number of esters is 1. The molecule has 0 radical (unpaired) electrons. The lowest BCUT2D eigenvalue weighted by molar-refractivity contribution is -0.149. The number of hydrogen-bond donors (Lipinski definition) is 1. The maximum Gasteiger partial charge on any atom is 0.309 e. The summed E-state index contributed by atoms with van der Waals surface area (Å²) in [6.07, 6.45) is 7.47. The van der Waals surface area contributed by atoms with Crippen LogP contribution in [0.5, 0.6) is 0 Å². The van der Waals surface area contributed by atoms with Crippen molar-refractivity contribution >= 4 is 28.3 Å². The van der Waals surface area contributed by atoms with Gasteiger partial charge in [0.15, 0.2) is 5.13 Å². The lowest BCUT2D eigenvalue weighted by Gasteiger charge is -2.51. The molecule has 0 bridgehead atoms. The number of carbonyl (C=O) groups is 2. The van der Waals surface area contributed by atoms with Gasteiger partial charge in [0.1, 0.15) is 11.8 Å². The highest BCUT2D eigenvalue weighted by Gasteiger charge is 2.58. The Balaban J connectivity index is 1.44. The summed E-state index contributed by atoms with van der Waals surface area (Å²) in [5.74, 6) is 0.354. The van der Waals surface area contributed by atoms with Crippen LogP contribution in [-0.2, 0) is 16.0 Å². The van der Waals surface area contributed by atoms with Crippen LogP contribution in [0.2, 0.25) is 0 Å². The van der Waals surface area contributed by atoms with E-state index in [1.54, 1.807) is 11.3 Å². The lowest BCUT2D eigenvalue weighted by atomic mass is 9.54. The Bertz CT molecular complexity index is 978. The van der Waals surface area contributed by atoms with Crippen LogP contribution in [0, 0.1) is 23.2 Å². The number of ether oxygens (including phenoxy) is 1. The number of carbonyl (C=O) groups excluding carboxylic acids is 2. The molecular formula is C21H24N4O3S. The van der Waals surface area contributed by atoms with Gasteiger partial charge in [-0.2, -0.15) is 0 Å². The van der Waals surface area contributed by atoms with Gasteiger partial charge in [-0.1, -0.05) is 20.8 Å². The monoisotopic (exact) mass is 412 g/mol. The molecule has 2 aromatic heterocycles. The summed E-state index contributed by atoms with van der Waals surface area (Å²) in [6.45, 7) is 6.51. The first-order valence-electron chi connectivity index (χ1n) is 10.1. The van der Waals surface area contributed by atoms with Gasteiger partial charge in [0.2, 0.25) is 0 Å². The first kappa shape index (κ1) is 18.7. The number of aromatic nitrogens is 3. The van der Waals surface area contributed by atoms with Crippen LogP contribution < -0.4 is 5.32 Å². The fourth-order valence-electron chi connectivity index (χ4n) is 5.71. The lowest BCUT2D eigenvalue weighted by Crippen LogP contribution is -2.50. The van der Waals surface area contributed by atoms with Gasteiger partial charge in [0.25, 0.3) is 5.91 Å². The van der Waals surface area contributed by atoms with E-state index in [9.17, 15) is 9.59 Å². The second kappa shape index (κ2) is 6.58. The second-order valence-electron chi connectivity index (χ2n) is 8.91. The molecule has 2 fully saturated rings. The highest BCUT2D eigenvalue weighted by Crippen LogP contribution is 2.59. The molecule has 1 saturated heterocycles. The fraction of sp³-hybridized carbons (Fsp3) is 0.571. The quantitative estimate of drug-likeness (QED) is 0.760. The second-order valence-corrected chi connectivity index (χ2v) is 9.99. The van der Waals surface area contributed by atoms with Crippen LogP contribution in [0.3, 0.4) is 0 Å². The number of nitrogens with zero attached hydrogens (tertiary/aromatic N) is 3. The molecular weight excluding hydrogens is 388 g/mol. The Kier molecular flexibility index (Phi) is 4.24. The van der Waals surface area contributed by atoms with Crippen LogP contribution >= 0.6 is 11.3 Å². The Morgan fingerprint density at radius 2 is 2.14 bits per heavy atom. The summed E-state index contributed by atoms with van der Waals surface area (Å²) in [7, 11) is 0. The summed E-state index contributed by atoms with van der Waals surface area (Å²) >= 11 is 1.54. The highest BCUT2D eigenvalue weighted by atomic mass is 32.1. The van der Waals surface area contributed by atoms with Crippen molar-refractivity contribution < 1.29 is 14.3 Å². The predicted octanol–water partition coefficient (Wildman–Crippen LogP) is 3.44. The Labute approximate surface area is 173 Å². The zero-order valence-corrected chi connectivity index (χ0v) is 17.5. The molecule has 6 unspecified atom stereocenters. The summed E-state index contributed by atoms with van der Waals surface area (Å²) in [5.41, 5.74) is 1.38. The van der Waals surface area contributed by atoms with Crippen LogP contribution in [0.4, 0.5) is 5.13 Å². The maximum absolute atomic E-state index is 12.4. The number of rotatable bonds is 2. The van der Waals surface area contributed by atoms with Crippen molar-refractivity contribution in [2.45, 2.75) is 52.1 Å². The van der Waals surface area contributed by atoms with Crippen LogP contribution in [0.1, 0.15) is 60.6 Å². The molecule has 1 amide bonds. The topological polar surface area (TPSA) is 94.1 Å². The smallest absolute Gasteiger partial charge is 0.309 e. The van der Waals surface area contributed by atoms with Gasteiger partial charge < -0.3 is 4.74 Å². The minimum Gasteiger partial charge on any atom is -0.461 e. The third kappa shape index (κ3) is 2.87. The van der Waals surface area contributed by atoms with E-state index < -0.39 is 0 Å². The normalized spacial score (nSPS) is 35.3. The minimum atomic E-state index is -0.306. The van der Waals surface area contributed by atoms with Gasteiger partial charge >= 0.3 is 5.97 Å². The molecule has 0 aromatic carbocycles. The Hall–Kier alpha value is -2.35. The molecule has 1 N–H and O–H groups in total. The van der Waals surface area contributed by atoms with Crippen molar-refractivity contribution in [3.05, 3.63) is 34.9 Å². The number of fused-ring (bicyclic) bond motifs is 4. The van der Waals surface area contributed by atoms with Crippen molar-refractivity contribution in [3.63, 3.8) is 0 Å². The third-order valence-corrected chi connectivity index (χ3v) is 8.16. The van der Waals surface area contributed by atoms with Crippen molar-refractivity contribution in [1.82, 2.24) is 15.0 Å². The molecule has 1 saturated carbocycles. The summed E-state index contributed by atoms with van der Waals surface area (Å²) in [4.78, 5) is 38.7. The molecule has 29 heavy (non-hydrogen) atoms. The van der Waals surface area contributed by atoms with Crippen LogP contribution in [-0.4, -0.2) is 32.9 Å². The van der Waals surface area contributed by atoms with E-state index in [-0.39, 0.29) is 46.8 Å². The third-order valence-electron chi connectivity index (χ3n) is 7.17. The highest BCUT2D eigenvalue weighted by molar-refractivity contribution is 7.15. The largest absolute Gasteiger partial charge is 0.461 e. The molecule has 8 heteroatoms. The van der Waals surface area contributed by atoms with E-state index in [0.29, 0.717) is 11.0 Å². The SMILES string of the molecule is CC1C(=O)OC2C1CCC1(C)Cc3sc(NC(=O)c4cnccn4)nc3C(C)C21. The van der Waals surface area contributed by atoms with Gasteiger partial charge in [-0.15, -0.1) is 11.3 Å². The van der Waals surface area contributed by atoms with Gasteiger partial charge in [0.05, 0.1) is 17.8 Å². The number of hydrogen-bond acceptors (Lipinski definition) is 7. The van der Waals surface area contributed by atoms with Crippen LogP contribution in [0.25, 0.3) is 0 Å². The Morgan fingerprint density at radius 3 is 2.90 bits per heavy atom. The molecule has 1 aliphatic heterocycles. The number of nitrogens with one attached hydrogen (secondary N) is 1. The molecule has 3 heterocycles. The number of amides is 1. The number of thiazole rings is 1. The summed E-state index contributed by atoms with van der Waals surface area (Å²) in [5, 5.41) is 3.46. The van der Waals surface area contributed by atoms with Gasteiger partial charge in [-0.25, -0.2) is 9.97 Å². The fourth-order valence-corrected chi connectivity index (χ4v) is 6.97. The zero-order chi connectivity index (χ0) is 20.3. The van der Waals surface area contributed by atoms with Gasteiger partial charge in [-0.05, 0) is 24.7 Å². The molecule has 2 aliphatic carbocycles. The van der Waals surface area contributed by atoms with Gasteiger partial charge in [-0.3, -0.25) is 19.9 Å². The molecule has 5 rings (SSSR count). The van der Waals surface area contributed by atoms with E-state index in [0.717, 1.165) is 25.0 Å². The first-order chi connectivity index (χ1) is 13.9. The summed E-state index contributed by atoms with van der Waals surface area (Å²) in [6, 6.07) is 0. The molecule has 0 spiro atoms. The molecule has 152 valence electrons. The standard InChI is InChI=1S/C21H24N4O3S/c1-10-12-4-5-21(3)8-14-16(11(2)15(21)17(12)28-19(10)27)24-20(29-14)25-18(26)13-9-22-6-7-23-13/h6-7,9-12,15,17H,4-5,8H2,1-3H3,(H,24,25,26). The average Bonchev–Trinajstić information content (AvgIpc) is 3.22. The van der Waals surface area contributed by atoms with Crippen molar-refractivity contribution in [3.8, 4) is 0 Å². The minimum absolute atomic E-state index is 0.0181. The van der Waals surface area contributed by atoms with E-state index >= 15 is 0 Å². The van der Waals surface area contributed by atoms with E-state index in [1.165, 1.54) is 23.5 Å². The Morgan fingerprint density at radius 1 is 1.31 bits per heavy atom. The van der Waals surface area contributed by atoms with Gasteiger partial charge in [0, 0.05) is 35.0 Å². The maximum atomic E-state index is 12.4. The molecule has 6 atom stereocenters. The molecule has 3 aliphatic rings. The predicted molar refractivity (Wildman–Crippen MR) is 108 cm³/mol. The zero-order valence-electron chi connectivity index (χ0n) is 16.7. The van der Waals surface area contributed by atoms with E-state index in [2.05, 4.69) is 29.1 Å². The number of anilines is 1. The van der Waals surface area contributed by atoms with Crippen molar-refractivity contribution in [2.75, 3.05) is 5.32 Å². The van der Waals surface area contributed by atoms with Crippen molar-refractivity contribution in [1.29, 1.82) is 0 Å². The van der Waals surface area contributed by atoms with E-state index in [4.69, 9.17) is 9.72 Å². The average molecular weight is 413 g/mol. The summed E-state index contributed by atoms with van der Waals surface area (Å²) < 4.78 is 5.88. The molecule has 2 aromatic rings. The van der Waals surface area contributed by atoms with Crippen LogP contribution in [0.15, 0.2) is 18.6 Å². The first-order valence-corrected chi connectivity index (χ1v) is 11.0. The van der Waals surface area contributed by atoms with E-state index in [1.807, 2.05) is 6.92 Å². The molecule has 7 nitrogen and oxygen atoms in total.